The first-order valence-electron chi connectivity index (χ1n) is 8.12. The molecular weight excluding hydrogens is 328 g/mol. The molecule has 3 rings (SSSR count). The van der Waals surface area contributed by atoms with Gasteiger partial charge in [0.05, 0.1) is 25.3 Å². The Morgan fingerprint density at radius 2 is 1.12 bits per heavy atom. The van der Waals surface area contributed by atoms with Crippen LogP contribution in [0.1, 0.15) is 20.7 Å². The van der Waals surface area contributed by atoms with Crippen LogP contribution in [-0.2, 0) is 9.47 Å². The van der Waals surface area contributed by atoms with Crippen LogP contribution in [0.5, 0.6) is 0 Å². The van der Waals surface area contributed by atoms with Crippen LogP contribution in [0.25, 0.3) is 22.3 Å². The summed E-state index contributed by atoms with van der Waals surface area (Å²) < 4.78 is 9.84. The highest BCUT2D eigenvalue weighted by Crippen LogP contribution is 2.36. The maximum atomic E-state index is 12.3. The highest BCUT2D eigenvalue weighted by molar-refractivity contribution is 6.08. The van der Waals surface area contributed by atoms with Gasteiger partial charge in [0.2, 0.25) is 0 Å². The summed E-state index contributed by atoms with van der Waals surface area (Å²) in [6, 6.07) is 22.4. The molecule has 0 heterocycles. The molecule has 0 spiro atoms. The number of benzene rings is 3. The Morgan fingerprint density at radius 1 is 0.615 bits per heavy atom. The molecule has 0 aliphatic heterocycles. The molecule has 4 heteroatoms. The van der Waals surface area contributed by atoms with Gasteiger partial charge in [0.15, 0.2) is 0 Å². The molecule has 0 aromatic heterocycles. The second-order valence-electron chi connectivity index (χ2n) is 5.62. The molecule has 0 radical (unpaired) electrons. The van der Waals surface area contributed by atoms with Gasteiger partial charge in [-0.15, -0.1) is 0 Å². The van der Waals surface area contributed by atoms with Gasteiger partial charge in [-0.3, -0.25) is 0 Å². The van der Waals surface area contributed by atoms with Gasteiger partial charge >= 0.3 is 11.9 Å². The number of carbonyl (C=O) groups excluding carboxylic acids is 2. The Bertz CT molecular complexity index is 911. The monoisotopic (exact) mass is 346 g/mol. The zero-order valence-electron chi connectivity index (χ0n) is 14.6. The number of hydrogen-bond donors (Lipinski definition) is 0. The zero-order chi connectivity index (χ0) is 18.5. The van der Waals surface area contributed by atoms with Crippen molar-refractivity contribution in [3.8, 4) is 22.3 Å². The lowest BCUT2D eigenvalue weighted by Crippen LogP contribution is -2.10. The van der Waals surface area contributed by atoms with Gasteiger partial charge in [0.1, 0.15) is 0 Å². The fourth-order valence-electron chi connectivity index (χ4n) is 2.97. The average molecular weight is 346 g/mol. The minimum Gasteiger partial charge on any atom is -0.465 e. The molecule has 0 aliphatic rings. The van der Waals surface area contributed by atoms with Crippen molar-refractivity contribution in [2.45, 2.75) is 0 Å². The number of methoxy groups -OCH3 is 2. The van der Waals surface area contributed by atoms with Crippen LogP contribution in [0.15, 0.2) is 72.8 Å². The molecule has 4 nitrogen and oxygen atoms in total. The summed E-state index contributed by atoms with van der Waals surface area (Å²) in [7, 11) is 2.64. The van der Waals surface area contributed by atoms with E-state index < -0.39 is 11.9 Å². The maximum absolute atomic E-state index is 12.3. The normalized spacial score (nSPS) is 10.2. The summed E-state index contributed by atoms with van der Waals surface area (Å²) in [4.78, 5) is 24.7. The van der Waals surface area contributed by atoms with Crippen LogP contribution >= 0.6 is 0 Å². The Morgan fingerprint density at radius 3 is 1.65 bits per heavy atom. The predicted molar refractivity (Wildman–Crippen MR) is 100.0 cm³/mol. The van der Waals surface area contributed by atoms with Gasteiger partial charge < -0.3 is 9.47 Å². The van der Waals surface area contributed by atoms with E-state index in [9.17, 15) is 9.59 Å². The molecule has 0 atom stereocenters. The summed E-state index contributed by atoms with van der Waals surface area (Å²) in [5.41, 5.74) is 3.80. The minimum atomic E-state index is -0.506. The highest BCUT2D eigenvalue weighted by atomic mass is 16.5. The third-order valence-electron chi connectivity index (χ3n) is 4.16. The van der Waals surface area contributed by atoms with Crippen LogP contribution in [0.2, 0.25) is 0 Å². The quantitative estimate of drug-likeness (QED) is 0.648. The Hall–Kier alpha value is -3.40. The third-order valence-corrected chi connectivity index (χ3v) is 4.16. The number of carbonyl (C=O) groups is 2. The van der Waals surface area contributed by atoms with Crippen molar-refractivity contribution in [2.75, 3.05) is 14.2 Å². The summed E-state index contributed by atoms with van der Waals surface area (Å²) in [6.07, 6.45) is 0. The van der Waals surface area contributed by atoms with Gasteiger partial charge in [-0.1, -0.05) is 60.7 Å². The summed E-state index contributed by atoms with van der Waals surface area (Å²) in [5.74, 6) is -1.01. The fraction of sp³-hybridized carbons (Fsp3) is 0.0909. The SMILES string of the molecule is COC(=O)c1cccc(C(=O)OC)c1-c1ccccc1-c1ccccc1. The van der Waals surface area contributed by atoms with Crippen LogP contribution < -0.4 is 0 Å². The molecule has 3 aromatic rings. The number of rotatable bonds is 4. The zero-order valence-corrected chi connectivity index (χ0v) is 14.6. The van der Waals surface area contributed by atoms with Crippen molar-refractivity contribution < 1.29 is 19.1 Å². The van der Waals surface area contributed by atoms with Crippen molar-refractivity contribution in [1.29, 1.82) is 0 Å². The molecule has 26 heavy (non-hydrogen) atoms. The van der Waals surface area contributed by atoms with E-state index in [-0.39, 0.29) is 0 Å². The van der Waals surface area contributed by atoms with Crippen molar-refractivity contribution in [1.82, 2.24) is 0 Å². The number of ether oxygens (including phenoxy) is 2. The third kappa shape index (κ3) is 3.22. The molecule has 0 saturated heterocycles. The second-order valence-corrected chi connectivity index (χ2v) is 5.62. The van der Waals surface area contributed by atoms with Crippen LogP contribution in [0, 0.1) is 0 Å². The maximum Gasteiger partial charge on any atom is 0.338 e. The van der Waals surface area contributed by atoms with Crippen LogP contribution in [-0.4, -0.2) is 26.2 Å². The number of hydrogen-bond acceptors (Lipinski definition) is 4. The van der Waals surface area contributed by atoms with E-state index >= 15 is 0 Å². The van der Waals surface area contributed by atoms with Crippen molar-refractivity contribution in [2.24, 2.45) is 0 Å². The molecule has 0 saturated carbocycles. The molecule has 0 fully saturated rings. The van der Waals surface area contributed by atoms with E-state index in [0.717, 1.165) is 16.7 Å². The van der Waals surface area contributed by atoms with Crippen molar-refractivity contribution >= 4 is 11.9 Å². The van der Waals surface area contributed by atoms with E-state index in [1.165, 1.54) is 14.2 Å². The summed E-state index contributed by atoms with van der Waals surface area (Å²) >= 11 is 0. The Labute approximate surface area is 152 Å². The first kappa shape index (κ1) is 17.4. The van der Waals surface area contributed by atoms with Gasteiger partial charge in [0, 0.05) is 5.56 Å². The van der Waals surface area contributed by atoms with Gasteiger partial charge in [0.25, 0.3) is 0 Å². The van der Waals surface area contributed by atoms with Crippen LogP contribution in [0.4, 0.5) is 0 Å². The Kier molecular flexibility index (Phi) is 5.13. The largest absolute Gasteiger partial charge is 0.465 e. The van der Waals surface area contributed by atoms with E-state index in [4.69, 9.17) is 9.47 Å². The van der Waals surface area contributed by atoms with E-state index in [1.807, 2.05) is 54.6 Å². The van der Waals surface area contributed by atoms with Gasteiger partial charge in [-0.05, 0) is 28.8 Å². The molecule has 0 aliphatic carbocycles. The van der Waals surface area contributed by atoms with Crippen molar-refractivity contribution in [3.63, 3.8) is 0 Å². The summed E-state index contributed by atoms with van der Waals surface area (Å²) in [6.45, 7) is 0. The standard InChI is InChI=1S/C22H18O4/c1-25-21(23)18-13-8-14-19(22(24)26-2)20(18)17-12-7-6-11-16(17)15-9-4-3-5-10-15/h3-14H,1-2H3. The van der Waals surface area contributed by atoms with E-state index in [2.05, 4.69) is 0 Å². The Balaban J connectivity index is 2.34. The lowest BCUT2D eigenvalue weighted by atomic mass is 9.88. The predicted octanol–water partition coefficient (Wildman–Crippen LogP) is 4.59. The van der Waals surface area contributed by atoms with Gasteiger partial charge in [-0.25, -0.2) is 9.59 Å². The van der Waals surface area contributed by atoms with E-state index in [1.54, 1.807) is 18.2 Å². The lowest BCUT2D eigenvalue weighted by Gasteiger charge is -2.16. The second kappa shape index (κ2) is 7.66. The van der Waals surface area contributed by atoms with E-state index in [0.29, 0.717) is 16.7 Å². The summed E-state index contributed by atoms with van der Waals surface area (Å²) in [5, 5.41) is 0. The fourth-order valence-corrected chi connectivity index (χ4v) is 2.97. The molecule has 0 bridgehead atoms. The van der Waals surface area contributed by atoms with Crippen LogP contribution in [0.3, 0.4) is 0 Å². The minimum absolute atomic E-state index is 0.318. The lowest BCUT2D eigenvalue weighted by molar-refractivity contribution is 0.0601. The molecule has 3 aromatic carbocycles. The number of esters is 2. The molecular formula is C22H18O4. The van der Waals surface area contributed by atoms with Gasteiger partial charge in [-0.2, -0.15) is 0 Å². The van der Waals surface area contributed by atoms with Crippen molar-refractivity contribution in [3.05, 3.63) is 83.9 Å². The molecule has 0 amide bonds. The topological polar surface area (TPSA) is 52.6 Å². The average Bonchev–Trinajstić information content (AvgIpc) is 2.72. The first-order chi connectivity index (χ1) is 12.7. The first-order valence-corrected chi connectivity index (χ1v) is 8.12. The molecule has 130 valence electrons. The molecule has 0 unspecified atom stereocenters. The smallest absolute Gasteiger partial charge is 0.338 e. The highest BCUT2D eigenvalue weighted by Gasteiger charge is 2.23. The molecule has 0 N–H and O–H groups in total.